The van der Waals surface area contributed by atoms with Gasteiger partial charge in [-0.15, -0.1) is 12.4 Å². The summed E-state index contributed by atoms with van der Waals surface area (Å²) in [5, 5.41) is 6.30. The van der Waals surface area contributed by atoms with Crippen LogP contribution in [0.4, 0.5) is 14.5 Å². The number of nitrogens with zero attached hydrogens (tertiary/aromatic N) is 1. The molecule has 6 rings (SSSR count). The lowest BCUT2D eigenvalue weighted by molar-refractivity contribution is -0.132. The summed E-state index contributed by atoms with van der Waals surface area (Å²) in [7, 11) is 0. The number of aromatic nitrogens is 2. The highest BCUT2D eigenvalue weighted by Gasteiger charge is 2.39. The summed E-state index contributed by atoms with van der Waals surface area (Å²) in [5.74, 6) is -3.63. The predicted octanol–water partition coefficient (Wildman–Crippen LogP) is 6.56. The van der Waals surface area contributed by atoms with Crippen molar-refractivity contribution in [2.24, 2.45) is 11.7 Å². The summed E-state index contributed by atoms with van der Waals surface area (Å²) in [5.41, 5.74) is 9.40. The van der Waals surface area contributed by atoms with E-state index in [1.807, 2.05) is 42.7 Å². The number of carbonyl (C=O) groups excluding carboxylic acids is 2. The van der Waals surface area contributed by atoms with Gasteiger partial charge in [-0.2, -0.15) is 0 Å². The average molecular weight is 649 g/mol. The number of aromatic amines is 2. The van der Waals surface area contributed by atoms with E-state index < -0.39 is 35.1 Å². The Morgan fingerprint density at radius 2 is 1.49 bits per heavy atom. The Hall–Kier alpha value is -3.63. The molecular formula is C31H30Cl3F2N5O2. The van der Waals surface area contributed by atoms with Gasteiger partial charge in [0.15, 0.2) is 0 Å². The van der Waals surface area contributed by atoms with Crippen LogP contribution in [0.25, 0.3) is 21.8 Å². The van der Waals surface area contributed by atoms with Crippen LogP contribution in [-0.2, 0) is 22.4 Å². The van der Waals surface area contributed by atoms with Gasteiger partial charge in [0.1, 0.15) is 23.2 Å². The second kappa shape index (κ2) is 14.2. The minimum absolute atomic E-state index is 0. The van der Waals surface area contributed by atoms with E-state index >= 15 is 0 Å². The lowest BCUT2D eigenvalue weighted by atomic mass is 10.1. The number of halogens is 5. The molecule has 0 aliphatic carbocycles. The third-order valence-electron chi connectivity index (χ3n) is 7.30. The number of fused-ring (bicyclic) bond motifs is 2. The summed E-state index contributed by atoms with van der Waals surface area (Å²) in [4.78, 5) is 32.4. The number of nitrogens with two attached hydrogens (primary N) is 1. The first-order chi connectivity index (χ1) is 20.3. The van der Waals surface area contributed by atoms with Crippen molar-refractivity contribution < 1.29 is 18.4 Å². The summed E-state index contributed by atoms with van der Waals surface area (Å²) >= 11 is 11.9. The van der Waals surface area contributed by atoms with Gasteiger partial charge in [0, 0.05) is 57.3 Å². The Labute approximate surface area is 263 Å². The third kappa shape index (κ3) is 7.13. The van der Waals surface area contributed by atoms with Crippen molar-refractivity contribution in [2.75, 3.05) is 24.5 Å². The van der Waals surface area contributed by atoms with Gasteiger partial charge in [0.2, 0.25) is 11.8 Å². The largest absolute Gasteiger partial charge is 0.361 e. The molecule has 2 amide bonds. The van der Waals surface area contributed by atoms with Crippen molar-refractivity contribution in [1.82, 2.24) is 15.3 Å². The van der Waals surface area contributed by atoms with Crippen molar-refractivity contribution in [2.45, 2.75) is 19.3 Å². The molecule has 1 aliphatic rings. The zero-order chi connectivity index (χ0) is 29.8. The van der Waals surface area contributed by atoms with Crippen LogP contribution >= 0.6 is 35.6 Å². The molecule has 0 spiro atoms. The lowest BCUT2D eigenvalue weighted by Crippen LogP contribution is -2.38. The van der Waals surface area contributed by atoms with E-state index in [0.717, 1.165) is 50.5 Å². The molecule has 12 heteroatoms. The van der Waals surface area contributed by atoms with Gasteiger partial charge in [0.05, 0.1) is 0 Å². The molecule has 0 radical (unpaired) electrons. The quantitative estimate of drug-likeness (QED) is 0.150. The maximum Gasteiger partial charge on any atom is 0.239 e. The van der Waals surface area contributed by atoms with Crippen molar-refractivity contribution >= 4 is 74.9 Å². The maximum atomic E-state index is 14.0. The molecule has 5 N–H and O–H groups in total. The van der Waals surface area contributed by atoms with Crippen LogP contribution in [0.1, 0.15) is 17.5 Å². The molecule has 2 aromatic heterocycles. The van der Waals surface area contributed by atoms with Crippen LogP contribution in [0.5, 0.6) is 0 Å². The molecule has 43 heavy (non-hydrogen) atoms. The van der Waals surface area contributed by atoms with Crippen molar-refractivity contribution in [3.05, 3.63) is 99.8 Å². The van der Waals surface area contributed by atoms with Crippen LogP contribution in [0.3, 0.4) is 0 Å². The molecule has 3 heterocycles. The van der Waals surface area contributed by atoms with Crippen LogP contribution in [0, 0.1) is 17.6 Å². The smallest absolute Gasteiger partial charge is 0.239 e. The lowest BCUT2D eigenvalue weighted by Gasteiger charge is -2.18. The van der Waals surface area contributed by atoms with E-state index in [1.165, 1.54) is 17.0 Å². The van der Waals surface area contributed by atoms with Gasteiger partial charge in [-0.1, -0.05) is 29.3 Å². The molecule has 7 nitrogen and oxygen atoms in total. The van der Waals surface area contributed by atoms with Crippen LogP contribution < -0.4 is 16.0 Å². The fourth-order valence-corrected chi connectivity index (χ4v) is 5.55. The molecule has 1 atom stereocenters. The second-order valence-electron chi connectivity index (χ2n) is 9.99. The number of amides is 2. The maximum absolute atomic E-state index is 14.0. The highest BCUT2D eigenvalue weighted by Crippen LogP contribution is 2.30. The van der Waals surface area contributed by atoms with Gasteiger partial charge >= 0.3 is 0 Å². The Morgan fingerprint density at radius 1 is 0.930 bits per heavy atom. The Balaban J connectivity index is 0.000000253. The molecule has 1 saturated heterocycles. The minimum Gasteiger partial charge on any atom is -0.361 e. The van der Waals surface area contributed by atoms with Crippen LogP contribution in [0.15, 0.2) is 67.0 Å². The fraction of sp³-hybridized carbons (Fsp3) is 0.226. The number of H-pyrrole nitrogens is 2. The van der Waals surface area contributed by atoms with Gasteiger partial charge in [-0.25, -0.2) is 8.78 Å². The molecule has 1 unspecified atom stereocenters. The van der Waals surface area contributed by atoms with Crippen molar-refractivity contribution in [3.63, 3.8) is 0 Å². The molecule has 5 aromatic rings. The standard InChI is InChI=1S/C21H18ClF2N3O2.C10H11ClN2.ClH/c22-13-4-5-18-15(10-13)12(11-26-18)6-8-25-20(28)14-7-9-27(21(14)29)19-16(23)2-1-3-17(19)24;11-8-1-2-10-9(5-8)7(3-4-12)6-13-10;/h1-5,10-11,14,26H,6-9H2,(H,25,28);1-2,5-6,13H,3-4,12H2;1H. The first kappa shape index (κ1) is 32.3. The van der Waals surface area contributed by atoms with E-state index in [0.29, 0.717) is 24.5 Å². The van der Waals surface area contributed by atoms with Gasteiger partial charge in [0.25, 0.3) is 0 Å². The average Bonchev–Trinajstić information content (AvgIpc) is 3.66. The van der Waals surface area contributed by atoms with Gasteiger partial charge in [-0.05, 0) is 85.5 Å². The fourth-order valence-electron chi connectivity index (χ4n) is 5.21. The van der Waals surface area contributed by atoms with Crippen molar-refractivity contribution in [1.29, 1.82) is 0 Å². The second-order valence-corrected chi connectivity index (χ2v) is 10.9. The summed E-state index contributed by atoms with van der Waals surface area (Å²) < 4.78 is 27.9. The third-order valence-corrected chi connectivity index (χ3v) is 7.77. The molecule has 3 aromatic carbocycles. The normalized spacial score (nSPS) is 14.5. The number of anilines is 1. The van der Waals surface area contributed by atoms with Crippen LogP contribution in [0.2, 0.25) is 10.0 Å². The summed E-state index contributed by atoms with van der Waals surface area (Å²) in [6, 6.07) is 14.8. The number of para-hydroxylation sites is 1. The predicted molar refractivity (Wildman–Crippen MR) is 170 cm³/mol. The molecule has 1 aliphatic heterocycles. The van der Waals surface area contributed by atoms with Crippen LogP contribution in [-0.4, -0.2) is 41.4 Å². The first-order valence-electron chi connectivity index (χ1n) is 13.5. The van der Waals surface area contributed by atoms with Gasteiger partial charge in [-0.3, -0.25) is 9.59 Å². The van der Waals surface area contributed by atoms with E-state index in [-0.39, 0.29) is 25.4 Å². The number of carbonyl (C=O) groups is 2. The minimum atomic E-state index is -0.952. The number of hydrogen-bond acceptors (Lipinski definition) is 3. The first-order valence-corrected chi connectivity index (χ1v) is 14.3. The zero-order valence-corrected chi connectivity index (χ0v) is 25.3. The highest BCUT2D eigenvalue weighted by atomic mass is 35.5. The van der Waals surface area contributed by atoms with Crippen molar-refractivity contribution in [3.8, 4) is 0 Å². The monoisotopic (exact) mass is 647 g/mol. The number of nitrogens with one attached hydrogen (secondary N) is 3. The summed E-state index contributed by atoms with van der Waals surface area (Å²) in [6.07, 6.45) is 5.50. The SMILES string of the molecule is Cl.NCCc1c[nH]c2ccc(Cl)cc12.O=C(NCCc1c[nH]c2ccc(Cl)cc12)C1CCN(c2c(F)cccc2F)C1=O. The van der Waals surface area contributed by atoms with E-state index in [2.05, 4.69) is 15.3 Å². The molecule has 0 saturated carbocycles. The molecule has 1 fully saturated rings. The molecule has 226 valence electrons. The van der Waals surface area contributed by atoms with E-state index in [1.54, 1.807) is 6.07 Å². The highest BCUT2D eigenvalue weighted by molar-refractivity contribution is 6.31. The summed E-state index contributed by atoms with van der Waals surface area (Å²) in [6.45, 7) is 1.09. The Kier molecular flexibility index (Phi) is 10.7. The van der Waals surface area contributed by atoms with E-state index in [9.17, 15) is 18.4 Å². The molecular weight excluding hydrogens is 619 g/mol. The number of hydrogen-bond donors (Lipinski definition) is 4. The Bertz CT molecular complexity index is 1740. The zero-order valence-electron chi connectivity index (χ0n) is 22.9. The Morgan fingerprint density at radius 3 is 2.05 bits per heavy atom. The topological polar surface area (TPSA) is 107 Å². The number of benzene rings is 3. The van der Waals surface area contributed by atoms with E-state index in [4.69, 9.17) is 28.9 Å². The molecule has 0 bridgehead atoms. The number of rotatable bonds is 7. The van der Waals surface area contributed by atoms with Gasteiger partial charge < -0.3 is 25.9 Å².